The van der Waals surface area contributed by atoms with E-state index >= 15 is 0 Å². The molecule has 2 aromatic carbocycles. The predicted octanol–water partition coefficient (Wildman–Crippen LogP) is 2.67. The standard InChI is InChI=1S/C24H24ClN3O5/c1-33-24(32)22(16-2-6-18(25)7-3-16)26-12-14-27(15-13-26)23(31)17-4-8-19(9-5-17)28-20(29)10-11-21(28)30/h2-9,22H,10-15H2,1H3. The molecule has 2 aliphatic heterocycles. The highest BCUT2D eigenvalue weighted by Gasteiger charge is 2.33. The number of benzene rings is 2. The molecule has 172 valence electrons. The van der Waals surface area contributed by atoms with Crippen LogP contribution in [0.3, 0.4) is 0 Å². The normalized spacial score (nSPS) is 17.9. The molecular formula is C24H24ClN3O5. The van der Waals surface area contributed by atoms with Gasteiger partial charge in [-0.15, -0.1) is 0 Å². The smallest absolute Gasteiger partial charge is 0.327 e. The molecular weight excluding hydrogens is 446 g/mol. The SMILES string of the molecule is COC(=O)C(c1ccc(Cl)cc1)N1CCN(C(=O)c2ccc(N3C(=O)CCC3=O)cc2)CC1. The Balaban J connectivity index is 1.42. The topological polar surface area (TPSA) is 87.2 Å². The molecule has 2 aliphatic rings. The van der Waals surface area contributed by atoms with Crippen molar-refractivity contribution in [3.05, 3.63) is 64.7 Å². The Morgan fingerprint density at radius 2 is 1.45 bits per heavy atom. The molecule has 9 heteroatoms. The van der Waals surface area contributed by atoms with Gasteiger partial charge in [-0.05, 0) is 42.0 Å². The molecule has 3 amide bonds. The van der Waals surface area contributed by atoms with Gasteiger partial charge in [0, 0.05) is 49.6 Å². The van der Waals surface area contributed by atoms with Gasteiger partial charge >= 0.3 is 5.97 Å². The van der Waals surface area contributed by atoms with Crippen LogP contribution in [0.25, 0.3) is 0 Å². The van der Waals surface area contributed by atoms with Crippen LogP contribution in [0.2, 0.25) is 5.02 Å². The third-order valence-electron chi connectivity index (χ3n) is 6.00. The summed E-state index contributed by atoms with van der Waals surface area (Å²) in [5.41, 5.74) is 1.74. The summed E-state index contributed by atoms with van der Waals surface area (Å²) in [7, 11) is 1.36. The second kappa shape index (κ2) is 9.72. The number of amides is 3. The van der Waals surface area contributed by atoms with Crippen LogP contribution in [0, 0.1) is 0 Å². The van der Waals surface area contributed by atoms with Crippen molar-refractivity contribution >= 4 is 41.0 Å². The Kier molecular flexibility index (Phi) is 6.76. The van der Waals surface area contributed by atoms with Gasteiger partial charge in [0.05, 0.1) is 12.8 Å². The van der Waals surface area contributed by atoms with Crippen molar-refractivity contribution in [3.8, 4) is 0 Å². The number of carbonyl (C=O) groups excluding carboxylic acids is 4. The third-order valence-corrected chi connectivity index (χ3v) is 6.25. The van der Waals surface area contributed by atoms with Crippen LogP contribution < -0.4 is 4.90 Å². The second-order valence-electron chi connectivity index (χ2n) is 7.98. The molecule has 2 saturated heterocycles. The molecule has 8 nitrogen and oxygen atoms in total. The molecule has 4 rings (SSSR count). The van der Waals surface area contributed by atoms with E-state index in [-0.39, 0.29) is 36.5 Å². The van der Waals surface area contributed by atoms with Gasteiger partial charge in [-0.1, -0.05) is 23.7 Å². The summed E-state index contributed by atoms with van der Waals surface area (Å²) in [4.78, 5) is 54.2. The van der Waals surface area contributed by atoms with Gasteiger partial charge in [0.15, 0.2) is 0 Å². The summed E-state index contributed by atoms with van der Waals surface area (Å²) in [6, 6.07) is 13.0. The highest BCUT2D eigenvalue weighted by Crippen LogP contribution is 2.26. The number of nitrogens with zero attached hydrogens (tertiary/aromatic N) is 3. The zero-order chi connectivity index (χ0) is 23.5. The van der Waals surface area contributed by atoms with Crippen LogP contribution in [0.5, 0.6) is 0 Å². The molecule has 0 radical (unpaired) electrons. The second-order valence-corrected chi connectivity index (χ2v) is 8.41. The van der Waals surface area contributed by atoms with Crippen LogP contribution in [0.1, 0.15) is 34.8 Å². The minimum atomic E-state index is -0.570. The van der Waals surface area contributed by atoms with E-state index in [1.807, 2.05) is 4.90 Å². The zero-order valence-corrected chi connectivity index (χ0v) is 19.0. The van der Waals surface area contributed by atoms with E-state index in [2.05, 4.69) is 0 Å². The van der Waals surface area contributed by atoms with Crippen LogP contribution in [-0.4, -0.2) is 66.8 Å². The van der Waals surface area contributed by atoms with Gasteiger partial charge in [-0.2, -0.15) is 0 Å². The predicted molar refractivity (Wildman–Crippen MR) is 122 cm³/mol. The van der Waals surface area contributed by atoms with Crippen molar-refractivity contribution in [1.29, 1.82) is 0 Å². The number of piperazine rings is 1. The summed E-state index contributed by atoms with van der Waals surface area (Å²) in [6.45, 7) is 1.90. The van der Waals surface area contributed by atoms with Crippen molar-refractivity contribution in [2.24, 2.45) is 0 Å². The molecule has 2 fully saturated rings. The van der Waals surface area contributed by atoms with Crippen LogP contribution in [0.15, 0.2) is 48.5 Å². The monoisotopic (exact) mass is 469 g/mol. The molecule has 33 heavy (non-hydrogen) atoms. The molecule has 0 aliphatic carbocycles. The Bertz CT molecular complexity index is 1050. The molecule has 0 spiro atoms. The maximum absolute atomic E-state index is 13.0. The maximum atomic E-state index is 13.0. The van der Waals surface area contributed by atoms with E-state index in [9.17, 15) is 19.2 Å². The van der Waals surface area contributed by atoms with E-state index in [4.69, 9.17) is 16.3 Å². The van der Waals surface area contributed by atoms with Crippen LogP contribution >= 0.6 is 11.6 Å². The van der Waals surface area contributed by atoms with Crippen molar-refractivity contribution in [1.82, 2.24) is 9.80 Å². The van der Waals surface area contributed by atoms with Gasteiger partial charge in [-0.25, -0.2) is 4.79 Å². The lowest BCUT2D eigenvalue weighted by molar-refractivity contribution is -0.148. The molecule has 0 bridgehead atoms. The number of methoxy groups -OCH3 is 1. The Morgan fingerprint density at radius 3 is 2.00 bits per heavy atom. The lowest BCUT2D eigenvalue weighted by Gasteiger charge is -2.38. The van der Waals surface area contributed by atoms with Gasteiger partial charge in [-0.3, -0.25) is 24.2 Å². The fourth-order valence-corrected chi connectivity index (χ4v) is 4.36. The van der Waals surface area contributed by atoms with Crippen LogP contribution in [0.4, 0.5) is 5.69 Å². The molecule has 2 heterocycles. The van der Waals surface area contributed by atoms with Gasteiger partial charge in [0.1, 0.15) is 6.04 Å². The molecule has 0 N–H and O–H groups in total. The highest BCUT2D eigenvalue weighted by atomic mass is 35.5. The minimum absolute atomic E-state index is 0.138. The fraction of sp³-hybridized carbons (Fsp3) is 0.333. The van der Waals surface area contributed by atoms with Crippen molar-refractivity contribution < 1.29 is 23.9 Å². The van der Waals surface area contributed by atoms with Gasteiger partial charge < -0.3 is 9.64 Å². The number of halogens is 1. The summed E-state index contributed by atoms with van der Waals surface area (Å²) >= 11 is 5.98. The van der Waals surface area contributed by atoms with Crippen molar-refractivity contribution in [2.75, 3.05) is 38.2 Å². The largest absolute Gasteiger partial charge is 0.468 e. The number of rotatable bonds is 5. The average molecular weight is 470 g/mol. The summed E-state index contributed by atoms with van der Waals surface area (Å²) in [5, 5.41) is 0.585. The van der Waals surface area contributed by atoms with Crippen molar-refractivity contribution in [3.63, 3.8) is 0 Å². The third kappa shape index (κ3) is 4.77. The first-order chi connectivity index (χ1) is 15.9. The first-order valence-electron chi connectivity index (χ1n) is 10.7. The number of imide groups is 1. The van der Waals surface area contributed by atoms with E-state index in [1.165, 1.54) is 7.11 Å². The van der Waals surface area contributed by atoms with E-state index in [1.54, 1.807) is 53.4 Å². The molecule has 2 aromatic rings. The average Bonchev–Trinajstić information content (AvgIpc) is 3.18. The quantitative estimate of drug-likeness (QED) is 0.494. The Morgan fingerprint density at radius 1 is 0.879 bits per heavy atom. The number of ether oxygens (including phenoxy) is 1. The molecule has 1 atom stereocenters. The summed E-state index contributed by atoms with van der Waals surface area (Å²) in [5.74, 6) is -0.952. The Labute approximate surface area is 196 Å². The number of hydrogen-bond acceptors (Lipinski definition) is 6. The van der Waals surface area contributed by atoms with E-state index < -0.39 is 6.04 Å². The molecule has 0 saturated carbocycles. The number of anilines is 1. The van der Waals surface area contributed by atoms with E-state index in [0.29, 0.717) is 42.5 Å². The van der Waals surface area contributed by atoms with Gasteiger partial charge in [0.2, 0.25) is 11.8 Å². The maximum Gasteiger partial charge on any atom is 0.327 e. The lowest BCUT2D eigenvalue weighted by atomic mass is 10.0. The van der Waals surface area contributed by atoms with Crippen LogP contribution in [-0.2, 0) is 19.1 Å². The number of esters is 1. The lowest BCUT2D eigenvalue weighted by Crippen LogP contribution is -2.51. The number of hydrogen-bond donors (Lipinski definition) is 0. The Hall–Kier alpha value is -3.23. The minimum Gasteiger partial charge on any atom is -0.468 e. The summed E-state index contributed by atoms with van der Waals surface area (Å²) < 4.78 is 5.02. The first-order valence-corrected chi connectivity index (χ1v) is 11.1. The fourth-order valence-electron chi connectivity index (χ4n) is 4.24. The molecule has 1 unspecified atom stereocenters. The number of carbonyl (C=O) groups is 4. The van der Waals surface area contributed by atoms with Gasteiger partial charge in [0.25, 0.3) is 5.91 Å². The zero-order valence-electron chi connectivity index (χ0n) is 18.2. The first kappa shape index (κ1) is 22.9. The summed E-state index contributed by atoms with van der Waals surface area (Å²) in [6.07, 6.45) is 0.429. The van der Waals surface area contributed by atoms with E-state index in [0.717, 1.165) is 10.5 Å². The van der Waals surface area contributed by atoms with Crippen molar-refractivity contribution in [2.45, 2.75) is 18.9 Å². The highest BCUT2D eigenvalue weighted by molar-refractivity contribution is 6.30. The molecule has 0 aromatic heterocycles.